The summed E-state index contributed by atoms with van der Waals surface area (Å²) in [6.45, 7) is -0.496. The molecule has 1 atom stereocenters. The van der Waals surface area contributed by atoms with Crippen LogP contribution in [0.3, 0.4) is 0 Å². The summed E-state index contributed by atoms with van der Waals surface area (Å²) in [4.78, 5) is 25.5. The highest BCUT2D eigenvalue weighted by atomic mass is 127. The van der Waals surface area contributed by atoms with Gasteiger partial charge in [0, 0.05) is 17.2 Å². The molecule has 0 fully saturated rings. The van der Waals surface area contributed by atoms with Crippen molar-refractivity contribution in [3.05, 3.63) is 21.8 Å². The molecule has 0 aromatic heterocycles. The summed E-state index contributed by atoms with van der Waals surface area (Å²) in [6, 6.07) is 0. The Kier molecular flexibility index (Phi) is 8.05. The Labute approximate surface area is 173 Å². The molecule has 0 bridgehead atoms. The van der Waals surface area contributed by atoms with E-state index in [1.807, 2.05) is 67.8 Å². The van der Waals surface area contributed by atoms with Crippen molar-refractivity contribution in [1.82, 2.24) is 4.90 Å². The second-order valence-electron chi connectivity index (χ2n) is 4.40. The van der Waals surface area contributed by atoms with Crippen LogP contribution in [0, 0.1) is 10.7 Å². The lowest BCUT2D eigenvalue weighted by Gasteiger charge is -2.22. The fourth-order valence-electron chi connectivity index (χ4n) is 1.69. The zero-order chi connectivity index (χ0) is 17.2. The molecule has 6 nitrogen and oxygen atoms in total. The Morgan fingerprint density at radius 1 is 1.23 bits per heavy atom. The molecule has 1 unspecified atom stereocenters. The predicted molar refractivity (Wildman–Crippen MR) is 109 cm³/mol. The van der Waals surface area contributed by atoms with E-state index in [9.17, 15) is 14.7 Å². The van der Waals surface area contributed by atoms with Gasteiger partial charge in [0.1, 0.15) is 0 Å². The summed E-state index contributed by atoms with van der Waals surface area (Å²) in [5.41, 5.74) is 6.73. The number of anilines is 1. The number of likely N-dealkylation sites (N-methyl/N-ethyl adjacent to an activating group) is 1. The van der Waals surface area contributed by atoms with Crippen LogP contribution in [0.4, 0.5) is 5.69 Å². The van der Waals surface area contributed by atoms with Crippen molar-refractivity contribution in [2.24, 2.45) is 0 Å². The predicted octanol–water partition coefficient (Wildman–Crippen LogP) is 1.89. The Morgan fingerprint density at radius 2 is 1.73 bits per heavy atom. The van der Waals surface area contributed by atoms with Gasteiger partial charge in [-0.15, -0.1) is 0 Å². The first-order valence-corrected chi connectivity index (χ1v) is 9.45. The van der Waals surface area contributed by atoms with Crippen LogP contribution in [0.1, 0.15) is 20.7 Å². The lowest BCUT2D eigenvalue weighted by molar-refractivity contribution is 0.0519. The monoisotopic (exact) mass is 664 g/mol. The molecule has 0 saturated heterocycles. The first-order valence-electron chi connectivity index (χ1n) is 5.83. The van der Waals surface area contributed by atoms with E-state index in [1.165, 1.54) is 11.9 Å². The number of aliphatic hydroxyl groups is 2. The zero-order valence-corrected chi connectivity index (χ0v) is 18.5. The van der Waals surface area contributed by atoms with Gasteiger partial charge in [-0.3, -0.25) is 9.59 Å². The second-order valence-corrected chi connectivity index (χ2v) is 7.98. The van der Waals surface area contributed by atoms with Crippen LogP contribution in [0.2, 0.25) is 0 Å². The van der Waals surface area contributed by atoms with Crippen LogP contribution in [-0.2, 0) is 0 Å². The van der Waals surface area contributed by atoms with Gasteiger partial charge in [-0.1, -0.05) is 0 Å². The van der Waals surface area contributed by atoms with E-state index in [0.29, 0.717) is 16.4 Å². The van der Waals surface area contributed by atoms with Crippen LogP contribution in [0.5, 0.6) is 0 Å². The van der Waals surface area contributed by atoms with Gasteiger partial charge in [-0.25, -0.2) is 0 Å². The Bertz CT molecular complexity index is 627. The quantitative estimate of drug-likeness (QED) is 0.254. The number of nitrogens with two attached hydrogens (primary N) is 1. The normalized spacial score (nSPS) is 12.1. The van der Waals surface area contributed by atoms with Crippen molar-refractivity contribution in [3.63, 3.8) is 0 Å². The largest absolute Gasteiger partial charge is 0.397 e. The molecule has 1 aromatic rings. The van der Waals surface area contributed by atoms with E-state index in [4.69, 9.17) is 22.4 Å². The molecular formula is C12H12ClI3N2O4. The molecule has 0 aliphatic carbocycles. The van der Waals surface area contributed by atoms with Gasteiger partial charge in [0.2, 0.25) is 0 Å². The number of aliphatic hydroxyl groups excluding tert-OH is 2. The summed E-state index contributed by atoms with van der Waals surface area (Å²) in [5, 5.41) is 17.6. The number of nitrogen functional groups attached to an aromatic ring is 1. The molecule has 0 aliphatic heterocycles. The lowest BCUT2D eigenvalue weighted by atomic mass is 10.1. The lowest BCUT2D eigenvalue weighted by Crippen LogP contribution is -2.37. The summed E-state index contributed by atoms with van der Waals surface area (Å²) in [5.74, 6) is -0.413. The third-order valence-corrected chi connectivity index (χ3v) is 6.31. The van der Waals surface area contributed by atoms with Crippen molar-refractivity contribution >= 4 is 96.2 Å². The van der Waals surface area contributed by atoms with Gasteiger partial charge >= 0.3 is 0 Å². The maximum atomic E-state index is 12.6. The number of carbonyl (C=O) groups excluding carboxylic acids is 2. The third kappa shape index (κ3) is 4.34. The van der Waals surface area contributed by atoms with Gasteiger partial charge in [0.25, 0.3) is 11.1 Å². The molecule has 1 amide bonds. The van der Waals surface area contributed by atoms with E-state index in [2.05, 4.69) is 0 Å². The highest BCUT2D eigenvalue weighted by Gasteiger charge is 2.28. The Balaban J connectivity index is 3.41. The number of nitrogens with zero attached hydrogens (tertiary/aromatic N) is 1. The van der Waals surface area contributed by atoms with Crippen molar-refractivity contribution < 1.29 is 19.8 Å². The molecule has 10 heteroatoms. The van der Waals surface area contributed by atoms with E-state index in [-0.39, 0.29) is 17.7 Å². The molecule has 0 aliphatic rings. The highest BCUT2D eigenvalue weighted by molar-refractivity contribution is 14.1. The first kappa shape index (κ1) is 20.6. The molecule has 0 heterocycles. The number of amides is 1. The minimum atomic E-state index is -1.04. The molecule has 0 spiro atoms. The molecule has 1 aromatic carbocycles. The molecule has 22 heavy (non-hydrogen) atoms. The smallest absolute Gasteiger partial charge is 0.255 e. The molecule has 1 rings (SSSR count). The van der Waals surface area contributed by atoms with Gasteiger partial charge in [0.05, 0.1) is 36.7 Å². The fourth-order valence-corrected chi connectivity index (χ4v) is 6.32. The van der Waals surface area contributed by atoms with Gasteiger partial charge in [-0.05, 0) is 79.4 Å². The van der Waals surface area contributed by atoms with Crippen LogP contribution in [0.25, 0.3) is 0 Å². The average molecular weight is 664 g/mol. The van der Waals surface area contributed by atoms with Crippen LogP contribution < -0.4 is 5.73 Å². The maximum Gasteiger partial charge on any atom is 0.255 e. The van der Waals surface area contributed by atoms with Crippen LogP contribution in [-0.4, -0.2) is 52.6 Å². The summed E-state index contributed by atoms with van der Waals surface area (Å²) >= 11 is 11.3. The topological polar surface area (TPSA) is 104 Å². The standard InChI is InChI=1S/C12H12ClI3N2O4/c1-18(2-4(20)3-19)12(22)6-7(14)5(11(13)21)8(15)10(17)9(6)16/h4,19-20H,2-3,17H2,1H3. The van der Waals surface area contributed by atoms with Gasteiger partial charge in [0.15, 0.2) is 0 Å². The Morgan fingerprint density at radius 3 is 2.18 bits per heavy atom. The highest BCUT2D eigenvalue weighted by Crippen LogP contribution is 2.35. The minimum absolute atomic E-state index is 0.0441. The SMILES string of the molecule is CN(CC(O)CO)C(=O)c1c(I)c(N)c(I)c(C(=O)Cl)c1I. The van der Waals surface area contributed by atoms with Crippen molar-refractivity contribution in [1.29, 1.82) is 0 Å². The fraction of sp³-hybridized carbons (Fsp3) is 0.333. The molecule has 4 N–H and O–H groups in total. The summed E-state index contributed by atoms with van der Waals surface area (Å²) < 4.78 is 1.43. The Hall–Kier alpha value is 0.560. The van der Waals surface area contributed by atoms with E-state index in [0.717, 1.165) is 0 Å². The van der Waals surface area contributed by atoms with Crippen LogP contribution in [0.15, 0.2) is 0 Å². The third-order valence-electron chi connectivity index (χ3n) is 2.80. The number of hydrogen-bond donors (Lipinski definition) is 3. The zero-order valence-electron chi connectivity index (χ0n) is 11.2. The number of halogens is 4. The van der Waals surface area contributed by atoms with E-state index < -0.39 is 23.9 Å². The molecular weight excluding hydrogens is 652 g/mol. The first-order chi connectivity index (χ1) is 10.1. The minimum Gasteiger partial charge on any atom is -0.397 e. The van der Waals surface area contributed by atoms with Crippen molar-refractivity contribution in [2.45, 2.75) is 6.10 Å². The molecule has 0 radical (unpaired) electrons. The van der Waals surface area contributed by atoms with Gasteiger partial charge in [-0.2, -0.15) is 0 Å². The number of benzene rings is 1. The van der Waals surface area contributed by atoms with E-state index >= 15 is 0 Å². The van der Waals surface area contributed by atoms with Crippen LogP contribution >= 0.6 is 79.4 Å². The average Bonchev–Trinajstić information content (AvgIpc) is 2.44. The number of hydrogen-bond acceptors (Lipinski definition) is 5. The summed E-state index contributed by atoms with van der Waals surface area (Å²) in [7, 11) is 1.49. The molecule has 0 saturated carbocycles. The molecule has 122 valence electrons. The second kappa shape index (κ2) is 8.60. The van der Waals surface area contributed by atoms with E-state index in [1.54, 1.807) is 0 Å². The number of rotatable bonds is 5. The maximum absolute atomic E-state index is 12.6. The summed E-state index contributed by atoms with van der Waals surface area (Å²) in [6.07, 6.45) is -1.04. The number of carbonyl (C=O) groups is 2. The van der Waals surface area contributed by atoms with Crippen molar-refractivity contribution in [2.75, 3.05) is 25.9 Å². The van der Waals surface area contributed by atoms with Crippen molar-refractivity contribution in [3.8, 4) is 0 Å². The van der Waals surface area contributed by atoms with Gasteiger partial charge < -0.3 is 20.8 Å².